The Morgan fingerprint density at radius 3 is 1.39 bits per heavy atom. The van der Waals surface area contributed by atoms with E-state index in [0.717, 1.165) is 0 Å². The molecule has 0 bridgehead atoms. The van der Waals surface area contributed by atoms with Gasteiger partial charge in [0.2, 0.25) is 0 Å². The van der Waals surface area contributed by atoms with Gasteiger partial charge < -0.3 is 0 Å². The van der Waals surface area contributed by atoms with Crippen molar-refractivity contribution in [1.82, 2.24) is 0 Å². The van der Waals surface area contributed by atoms with Crippen LogP contribution in [0, 0.1) is 5.41 Å². The van der Waals surface area contributed by atoms with Crippen LogP contribution in [0.5, 0.6) is 0 Å². The second kappa shape index (κ2) is 3.94. The van der Waals surface area contributed by atoms with Crippen LogP contribution in [0.25, 0.3) is 0 Å². The summed E-state index contributed by atoms with van der Waals surface area (Å²) in [5.74, 6) is 1.15. The van der Waals surface area contributed by atoms with Crippen molar-refractivity contribution in [3.05, 3.63) is 106 Å². The minimum absolute atomic E-state index is 0.344. The summed E-state index contributed by atoms with van der Waals surface area (Å²) < 4.78 is 0. The minimum Gasteiger partial charge on any atom is -0.0620 e. The number of fused-ring (bicyclic) bond motifs is 7. The van der Waals surface area contributed by atoms with Gasteiger partial charge in [-0.1, -0.05) is 72.8 Å². The fourth-order valence-corrected chi connectivity index (χ4v) is 5.91. The standard InChI is InChI=1S/C23H18/c1-3-9-17-15(7-1)13-23-14-16-8-2-4-10-18(16)22(23)20-12-6-5-11-19(20)21(17)23/h1-12,21-22H,13-14H2/t21-,22-,23?/m1/s1. The third-order valence-electron chi connectivity index (χ3n) is 6.54. The van der Waals surface area contributed by atoms with Gasteiger partial charge >= 0.3 is 0 Å². The van der Waals surface area contributed by atoms with Gasteiger partial charge in [-0.25, -0.2) is 0 Å². The molecule has 3 aliphatic carbocycles. The highest BCUT2D eigenvalue weighted by Crippen LogP contribution is 2.69. The zero-order chi connectivity index (χ0) is 15.0. The molecule has 0 saturated carbocycles. The Labute approximate surface area is 136 Å². The van der Waals surface area contributed by atoms with E-state index in [1.165, 1.54) is 12.8 Å². The van der Waals surface area contributed by atoms with Crippen molar-refractivity contribution in [1.29, 1.82) is 0 Å². The molecule has 0 unspecified atom stereocenters. The van der Waals surface area contributed by atoms with Gasteiger partial charge in [0.1, 0.15) is 0 Å². The summed E-state index contributed by atoms with van der Waals surface area (Å²) in [6.45, 7) is 0. The molecule has 0 nitrogen and oxygen atoms in total. The Balaban J connectivity index is 1.70. The first kappa shape index (κ1) is 12.1. The molecular formula is C23H18. The van der Waals surface area contributed by atoms with Crippen LogP contribution < -0.4 is 0 Å². The van der Waals surface area contributed by atoms with Gasteiger partial charge in [-0.05, 0) is 46.2 Å². The average molecular weight is 294 g/mol. The Kier molecular flexibility index (Phi) is 2.08. The highest BCUT2D eigenvalue weighted by Gasteiger charge is 2.60. The highest BCUT2D eigenvalue weighted by atomic mass is 14.6. The highest BCUT2D eigenvalue weighted by molar-refractivity contribution is 5.62. The molecule has 2 atom stereocenters. The number of rotatable bonds is 0. The lowest BCUT2D eigenvalue weighted by Crippen LogP contribution is -2.26. The molecule has 3 aromatic carbocycles. The van der Waals surface area contributed by atoms with Crippen molar-refractivity contribution < 1.29 is 0 Å². The van der Waals surface area contributed by atoms with Gasteiger partial charge in [0.15, 0.2) is 0 Å². The molecule has 0 amide bonds. The molecule has 0 fully saturated rings. The molecule has 0 saturated heterocycles. The lowest BCUT2D eigenvalue weighted by molar-refractivity contribution is 0.281. The maximum atomic E-state index is 2.38. The van der Waals surface area contributed by atoms with Crippen molar-refractivity contribution >= 4 is 0 Å². The van der Waals surface area contributed by atoms with E-state index in [1.807, 2.05) is 0 Å². The fourth-order valence-electron chi connectivity index (χ4n) is 5.91. The third kappa shape index (κ3) is 1.30. The summed E-state index contributed by atoms with van der Waals surface area (Å²) in [6.07, 6.45) is 2.45. The SMILES string of the molecule is c1ccc2c(c1)CC13Cc4ccccc4[C@@H]1c1ccccc1[C@@H]23. The van der Waals surface area contributed by atoms with E-state index in [9.17, 15) is 0 Å². The van der Waals surface area contributed by atoms with Gasteiger partial charge in [-0.3, -0.25) is 0 Å². The lowest BCUT2D eigenvalue weighted by Gasteiger charge is -2.30. The summed E-state index contributed by atoms with van der Waals surface area (Å²) in [7, 11) is 0. The molecule has 0 radical (unpaired) electrons. The van der Waals surface area contributed by atoms with Crippen LogP contribution in [0.15, 0.2) is 72.8 Å². The average Bonchev–Trinajstić information content (AvgIpc) is 3.16. The van der Waals surface area contributed by atoms with Gasteiger partial charge in [0.25, 0.3) is 0 Å². The summed E-state index contributed by atoms with van der Waals surface area (Å²) in [5.41, 5.74) is 9.81. The quantitative estimate of drug-likeness (QED) is 0.543. The summed E-state index contributed by atoms with van der Waals surface area (Å²) >= 11 is 0. The third-order valence-corrected chi connectivity index (χ3v) is 6.54. The first-order valence-corrected chi connectivity index (χ1v) is 8.63. The van der Waals surface area contributed by atoms with E-state index in [1.54, 1.807) is 33.4 Å². The van der Waals surface area contributed by atoms with E-state index < -0.39 is 0 Å². The number of benzene rings is 3. The second-order valence-electron chi connectivity index (χ2n) is 7.48. The summed E-state index contributed by atoms with van der Waals surface area (Å²) in [4.78, 5) is 0. The van der Waals surface area contributed by atoms with Crippen LogP contribution in [-0.4, -0.2) is 0 Å². The molecule has 3 aliphatic rings. The van der Waals surface area contributed by atoms with Crippen LogP contribution in [0.3, 0.4) is 0 Å². The van der Waals surface area contributed by atoms with Crippen LogP contribution in [0.1, 0.15) is 45.2 Å². The van der Waals surface area contributed by atoms with E-state index in [-0.39, 0.29) is 0 Å². The normalized spacial score (nSPS) is 28.7. The zero-order valence-corrected chi connectivity index (χ0v) is 13.0. The van der Waals surface area contributed by atoms with Gasteiger partial charge in [0.05, 0.1) is 0 Å². The van der Waals surface area contributed by atoms with Gasteiger partial charge in [-0.15, -0.1) is 0 Å². The number of hydrogen-bond donors (Lipinski definition) is 0. The first-order valence-electron chi connectivity index (χ1n) is 8.63. The van der Waals surface area contributed by atoms with Crippen LogP contribution in [0.2, 0.25) is 0 Å². The molecular weight excluding hydrogens is 276 g/mol. The summed E-state index contributed by atoms with van der Waals surface area (Å²) in [5, 5.41) is 0. The Bertz CT molecular complexity index is 871. The molecule has 0 aliphatic heterocycles. The Hall–Kier alpha value is -2.34. The van der Waals surface area contributed by atoms with E-state index >= 15 is 0 Å². The molecule has 110 valence electrons. The predicted molar refractivity (Wildman–Crippen MR) is 92.9 cm³/mol. The first-order chi connectivity index (χ1) is 11.4. The van der Waals surface area contributed by atoms with Crippen LogP contribution in [-0.2, 0) is 12.8 Å². The molecule has 0 aromatic heterocycles. The molecule has 6 rings (SSSR count). The van der Waals surface area contributed by atoms with Crippen LogP contribution in [0.4, 0.5) is 0 Å². The fraction of sp³-hybridized carbons (Fsp3) is 0.217. The van der Waals surface area contributed by atoms with E-state index in [2.05, 4.69) is 72.8 Å². The maximum absolute atomic E-state index is 2.38. The van der Waals surface area contributed by atoms with Crippen molar-refractivity contribution in [2.75, 3.05) is 0 Å². The molecule has 0 heterocycles. The summed E-state index contributed by atoms with van der Waals surface area (Å²) in [6, 6.07) is 27.5. The van der Waals surface area contributed by atoms with E-state index in [4.69, 9.17) is 0 Å². The molecule has 0 heteroatoms. The second-order valence-corrected chi connectivity index (χ2v) is 7.48. The Morgan fingerprint density at radius 2 is 0.913 bits per heavy atom. The molecule has 23 heavy (non-hydrogen) atoms. The van der Waals surface area contributed by atoms with E-state index in [0.29, 0.717) is 17.3 Å². The maximum Gasteiger partial charge on any atom is 0.0167 e. The topological polar surface area (TPSA) is 0 Å². The van der Waals surface area contributed by atoms with Crippen molar-refractivity contribution in [3.63, 3.8) is 0 Å². The Morgan fingerprint density at radius 1 is 0.522 bits per heavy atom. The molecule has 0 N–H and O–H groups in total. The zero-order valence-electron chi connectivity index (χ0n) is 13.0. The molecule has 1 spiro atoms. The van der Waals surface area contributed by atoms with Gasteiger partial charge in [0, 0.05) is 17.3 Å². The van der Waals surface area contributed by atoms with Gasteiger partial charge in [-0.2, -0.15) is 0 Å². The van der Waals surface area contributed by atoms with Crippen LogP contribution >= 0.6 is 0 Å². The largest absolute Gasteiger partial charge is 0.0620 e. The monoisotopic (exact) mass is 294 g/mol. The number of hydrogen-bond acceptors (Lipinski definition) is 0. The smallest absolute Gasteiger partial charge is 0.0167 e. The predicted octanol–water partition coefficient (Wildman–Crippen LogP) is 5.06. The molecule has 3 aromatic rings. The van der Waals surface area contributed by atoms with Crippen molar-refractivity contribution in [3.8, 4) is 0 Å². The lowest BCUT2D eigenvalue weighted by atomic mass is 9.71. The van der Waals surface area contributed by atoms with Crippen molar-refractivity contribution in [2.24, 2.45) is 5.41 Å². The minimum atomic E-state index is 0.344. The van der Waals surface area contributed by atoms with Crippen molar-refractivity contribution in [2.45, 2.75) is 24.7 Å².